The molecule has 0 fully saturated rings. The van der Waals surface area contributed by atoms with Gasteiger partial charge < -0.3 is 10.6 Å². The molecule has 0 radical (unpaired) electrons. The summed E-state index contributed by atoms with van der Waals surface area (Å²) < 4.78 is 1.82. The fraction of sp³-hybridized carbons (Fsp3) is 0.0500. The van der Waals surface area contributed by atoms with Gasteiger partial charge in [-0.15, -0.1) is 0 Å². The fourth-order valence-corrected chi connectivity index (χ4v) is 2.82. The number of amides is 1. The number of fused-ring (bicyclic) bond motifs is 1. The van der Waals surface area contributed by atoms with Crippen LogP contribution in [0.5, 0.6) is 0 Å². The van der Waals surface area contributed by atoms with Crippen LogP contribution >= 0.6 is 0 Å². The summed E-state index contributed by atoms with van der Waals surface area (Å²) in [5.74, 6) is 0.577. The lowest BCUT2D eigenvalue weighted by Gasteiger charge is -2.08. The Morgan fingerprint density at radius 1 is 1.04 bits per heavy atom. The Balaban J connectivity index is 1.65. The van der Waals surface area contributed by atoms with Gasteiger partial charge in [-0.1, -0.05) is 18.2 Å². The van der Waals surface area contributed by atoms with E-state index in [2.05, 4.69) is 15.7 Å². The quantitative estimate of drug-likeness (QED) is 0.595. The van der Waals surface area contributed by atoms with Crippen LogP contribution in [0.4, 0.5) is 11.5 Å². The van der Waals surface area contributed by atoms with E-state index in [4.69, 9.17) is 4.98 Å². The van der Waals surface area contributed by atoms with Crippen LogP contribution in [-0.4, -0.2) is 27.6 Å². The lowest BCUT2D eigenvalue weighted by Crippen LogP contribution is -2.17. The molecule has 1 amide bonds. The lowest BCUT2D eigenvalue weighted by molar-refractivity contribution is 0.0963. The largest absolute Gasteiger partial charge is 0.355 e. The number of hydrogen-bond acceptors (Lipinski definition) is 4. The van der Waals surface area contributed by atoms with Crippen molar-refractivity contribution in [1.29, 1.82) is 0 Å². The molecule has 6 nitrogen and oxygen atoms in total. The minimum absolute atomic E-state index is 0.123. The Morgan fingerprint density at radius 2 is 1.92 bits per heavy atom. The van der Waals surface area contributed by atoms with Gasteiger partial charge in [0.15, 0.2) is 0 Å². The maximum Gasteiger partial charge on any atom is 0.251 e. The van der Waals surface area contributed by atoms with Crippen LogP contribution in [0.25, 0.3) is 16.8 Å². The van der Waals surface area contributed by atoms with Crippen molar-refractivity contribution < 1.29 is 4.79 Å². The van der Waals surface area contributed by atoms with E-state index in [1.54, 1.807) is 19.2 Å². The minimum Gasteiger partial charge on any atom is -0.355 e. The van der Waals surface area contributed by atoms with Gasteiger partial charge in [-0.2, -0.15) is 5.10 Å². The standard InChI is InChI=1S/C20H17N5O/c1-21-20(26)14-6-4-7-15(12-14)23-19-10-5-8-17(24-19)16-13-22-25-11-3-2-9-18(16)25/h2-13H,1H3,(H,21,26)(H,23,24). The minimum atomic E-state index is -0.123. The Labute approximate surface area is 150 Å². The van der Waals surface area contributed by atoms with E-state index >= 15 is 0 Å². The van der Waals surface area contributed by atoms with Gasteiger partial charge in [0.25, 0.3) is 5.91 Å². The monoisotopic (exact) mass is 343 g/mol. The molecule has 3 heterocycles. The first-order valence-electron chi connectivity index (χ1n) is 8.23. The Kier molecular flexibility index (Phi) is 4.07. The number of carbonyl (C=O) groups is 1. The summed E-state index contributed by atoms with van der Waals surface area (Å²) in [5.41, 5.74) is 4.19. The number of hydrogen-bond donors (Lipinski definition) is 2. The van der Waals surface area contributed by atoms with E-state index in [0.29, 0.717) is 11.4 Å². The number of carbonyl (C=O) groups excluding carboxylic acids is 1. The first-order valence-corrected chi connectivity index (χ1v) is 8.23. The van der Waals surface area contributed by atoms with Crippen LogP contribution < -0.4 is 10.6 Å². The molecular formula is C20H17N5O. The molecule has 6 heteroatoms. The summed E-state index contributed by atoms with van der Waals surface area (Å²) in [6.07, 6.45) is 3.72. The van der Waals surface area contributed by atoms with Gasteiger partial charge >= 0.3 is 0 Å². The normalized spacial score (nSPS) is 10.7. The maximum absolute atomic E-state index is 11.8. The summed E-state index contributed by atoms with van der Waals surface area (Å²) >= 11 is 0. The molecule has 0 aliphatic carbocycles. The Hall–Kier alpha value is -3.67. The van der Waals surface area contributed by atoms with E-state index in [9.17, 15) is 4.79 Å². The zero-order valence-electron chi connectivity index (χ0n) is 14.2. The van der Waals surface area contributed by atoms with E-state index in [-0.39, 0.29) is 5.91 Å². The van der Waals surface area contributed by atoms with E-state index in [0.717, 1.165) is 22.5 Å². The molecule has 0 aliphatic rings. The fourth-order valence-electron chi connectivity index (χ4n) is 2.82. The molecule has 0 saturated heterocycles. The zero-order valence-corrected chi connectivity index (χ0v) is 14.2. The number of rotatable bonds is 4. The van der Waals surface area contributed by atoms with Crippen LogP contribution in [0, 0.1) is 0 Å². The molecule has 1 aromatic carbocycles. The number of pyridine rings is 2. The highest BCUT2D eigenvalue weighted by molar-refractivity contribution is 5.95. The summed E-state index contributed by atoms with van der Waals surface area (Å²) in [4.78, 5) is 16.5. The molecule has 0 spiro atoms. The molecule has 0 aliphatic heterocycles. The molecule has 26 heavy (non-hydrogen) atoms. The predicted octanol–water partition coefficient (Wildman–Crippen LogP) is 3.50. The van der Waals surface area contributed by atoms with Gasteiger partial charge in [0, 0.05) is 30.1 Å². The molecule has 3 aromatic heterocycles. The van der Waals surface area contributed by atoms with Gasteiger partial charge in [-0.3, -0.25) is 4.79 Å². The highest BCUT2D eigenvalue weighted by atomic mass is 16.1. The second-order valence-corrected chi connectivity index (χ2v) is 5.78. The topological polar surface area (TPSA) is 71.3 Å². The Bertz CT molecular complexity index is 1090. The molecule has 2 N–H and O–H groups in total. The van der Waals surface area contributed by atoms with Crippen molar-refractivity contribution in [3.8, 4) is 11.3 Å². The third kappa shape index (κ3) is 3.00. The van der Waals surface area contributed by atoms with Crippen molar-refractivity contribution in [1.82, 2.24) is 19.9 Å². The molecule has 4 aromatic rings. The molecular weight excluding hydrogens is 326 g/mol. The van der Waals surface area contributed by atoms with Crippen LogP contribution in [0.3, 0.4) is 0 Å². The van der Waals surface area contributed by atoms with Crippen LogP contribution in [0.2, 0.25) is 0 Å². The molecule has 0 saturated carbocycles. The van der Waals surface area contributed by atoms with Gasteiger partial charge in [0.2, 0.25) is 0 Å². The number of aromatic nitrogens is 3. The van der Waals surface area contributed by atoms with Crippen LogP contribution in [0.1, 0.15) is 10.4 Å². The molecule has 0 bridgehead atoms. The third-order valence-electron chi connectivity index (χ3n) is 4.08. The molecule has 0 atom stereocenters. The Morgan fingerprint density at radius 3 is 2.81 bits per heavy atom. The first-order chi connectivity index (χ1) is 12.7. The average molecular weight is 343 g/mol. The van der Waals surface area contributed by atoms with Crippen molar-refractivity contribution in [3.05, 3.63) is 78.6 Å². The predicted molar refractivity (Wildman–Crippen MR) is 102 cm³/mol. The summed E-state index contributed by atoms with van der Waals surface area (Å²) in [6.45, 7) is 0. The van der Waals surface area contributed by atoms with E-state index < -0.39 is 0 Å². The van der Waals surface area contributed by atoms with Gasteiger partial charge in [0.1, 0.15) is 5.82 Å². The van der Waals surface area contributed by atoms with E-state index in [1.807, 2.05) is 65.4 Å². The van der Waals surface area contributed by atoms with Crippen LogP contribution in [0.15, 0.2) is 73.1 Å². The summed E-state index contributed by atoms with van der Waals surface area (Å²) in [5, 5.41) is 10.2. The smallest absolute Gasteiger partial charge is 0.251 e. The third-order valence-corrected chi connectivity index (χ3v) is 4.08. The molecule has 0 unspecified atom stereocenters. The number of benzene rings is 1. The first kappa shape index (κ1) is 15.8. The summed E-state index contributed by atoms with van der Waals surface area (Å²) in [7, 11) is 1.61. The maximum atomic E-state index is 11.8. The second kappa shape index (κ2) is 6.68. The number of anilines is 2. The highest BCUT2D eigenvalue weighted by Gasteiger charge is 2.09. The van der Waals surface area contributed by atoms with Gasteiger partial charge in [-0.25, -0.2) is 9.50 Å². The average Bonchev–Trinajstić information content (AvgIpc) is 3.12. The zero-order chi connectivity index (χ0) is 17.9. The second-order valence-electron chi connectivity index (χ2n) is 5.78. The van der Waals surface area contributed by atoms with Crippen molar-refractivity contribution in [2.24, 2.45) is 0 Å². The van der Waals surface area contributed by atoms with Gasteiger partial charge in [0.05, 0.1) is 17.4 Å². The van der Waals surface area contributed by atoms with Crippen molar-refractivity contribution >= 4 is 22.9 Å². The van der Waals surface area contributed by atoms with Crippen molar-refractivity contribution in [2.45, 2.75) is 0 Å². The van der Waals surface area contributed by atoms with Crippen LogP contribution in [-0.2, 0) is 0 Å². The highest BCUT2D eigenvalue weighted by Crippen LogP contribution is 2.25. The number of nitrogens with zero attached hydrogens (tertiary/aromatic N) is 3. The summed E-state index contributed by atoms with van der Waals surface area (Å²) in [6, 6.07) is 19.0. The molecule has 4 rings (SSSR count). The molecule has 128 valence electrons. The lowest BCUT2D eigenvalue weighted by atomic mass is 10.1. The van der Waals surface area contributed by atoms with Crippen molar-refractivity contribution in [3.63, 3.8) is 0 Å². The van der Waals surface area contributed by atoms with Gasteiger partial charge in [-0.05, 0) is 42.5 Å². The van der Waals surface area contributed by atoms with E-state index in [1.165, 1.54) is 0 Å². The SMILES string of the molecule is CNC(=O)c1cccc(Nc2cccc(-c3cnn4ccccc34)n2)c1. The van der Waals surface area contributed by atoms with Crippen molar-refractivity contribution in [2.75, 3.05) is 12.4 Å². The number of nitrogens with one attached hydrogen (secondary N) is 2.